The summed E-state index contributed by atoms with van der Waals surface area (Å²) in [5.74, 6) is 0.836. The van der Waals surface area contributed by atoms with Crippen LogP contribution in [0.15, 0.2) is 16.7 Å². The lowest BCUT2D eigenvalue weighted by molar-refractivity contribution is -0.129. The third-order valence-electron chi connectivity index (χ3n) is 3.76. The Hall–Kier alpha value is -1.61. The summed E-state index contributed by atoms with van der Waals surface area (Å²) in [6, 6.07) is 4.26. The van der Waals surface area contributed by atoms with Gasteiger partial charge in [0.1, 0.15) is 11.9 Å². The predicted molar refractivity (Wildman–Crippen MR) is 80.3 cm³/mol. The molecular weight excluding hydrogens is 320 g/mol. The van der Waals surface area contributed by atoms with Gasteiger partial charge in [-0.25, -0.2) is 4.98 Å². The molecule has 2 rings (SSSR count). The zero-order chi connectivity index (χ0) is 14.7. The number of carbonyl (C=O) groups is 1. The average Bonchev–Trinajstić information content (AvgIpc) is 2.46. The molecule has 0 aromatic carbocycles. The van der Waals surface area contributed by atoms with Crippen LogP contribution in [-0.2, 0) is 4.79 Å². The van der Waals surface area contributed by atoms with E-state index in [4.69, 9.17) is 0 Å². The van der Waals surface area contributed by atoms with Crippen LogP contribution in [0.4, 0.5) is 5.82 Å². The van der Waals surface area contributed by atoms with Crippen molar-refractivity contribution < 1.29 is 4.79 Å². The van der Waals surface area contributed by atoms with Crippen LogP contribution < -0.4 is 4.90 Å². The number of hydrogen-bond acceptors (Lipinski definition) is 4. The number of pyridine rings is 1. The van der Waals surface area contributed by atoms with Gasteiger partial charge in [-0.3, -0.25) is 4.79 Å². The maximum absolute atomic E-state index is 11.4. The lowest BCUT2D eigenvalue weighted by Crippen LogP contribution is -2.45. The van der Waals surface area contributed by atoms with Crippen LogP contribution in [0.25, 0.3) is 0 Å². The molecule has 0 aliphatic carbocycles. The Morgan fingerprint density at radius 2 is 2.20 bits per heavy atom. The fourth-order valence-electron chi connectivity index (χ4n) is 2.49. The molecule has 1 aliphatic heterocycles. The molecule has 0 radical (unpaired) electrons. The minimum atomic E-state index is 0.0999. The number of rotatable bonds is 2. The van der Waals surface area contributed by atoms with Crippen LogP contribution in [-0.4, -0.2) is 42.0 Å². The van der Waals surface area contributed by atoms with Crippen molar-refractivity contribution >= 4 is 27.7 Å². The largest absolute Gasteiger partial charge is 0.355 e. The quantitative estimate of drug-likeness (QED) is 0.830. The number of anilines is 1. The maximum atomic E-state index is 11.4. The molecule has 0 spiro atoms. The van der Waals surface area contributed by atoms with Gasteiger partial charge < -0.3 is 9.80 Å². The Morgan fingerprint density at radius 3 is 2.75 bits per heavy atom. The summed E-state index contributed by atoms with van der Waals surface area (Å²) < 4.78 is 0.809. The van der Waals surface area contributed by atoms with E-state index < -0.39 is 0 Å². The van der Waals surface area contributed by atoms with Gasteiger partial charge in [0.15, 0.2) is 0 Å². The molecule has 2 heterocycles. The molecule has 0 atom stereocenters. The first-order valence-electron chi connectivity index (χ1n) is 6.57. The van der Waals surface area contributed by atoms with Gasteiger partial charge in [-0.1, -0.05) is 0 Å². The minimum absolute atomic E-state index is 0.0999. The van der Waals surface area contributed by atoms with E-state index in [1.54, 1.807) is 24.1 Å². The summed E-state index contributed by atoms with van der Waals surface area (Å²) in [4.78, 5) is 19.7. The summed E-state index contributed by atoms with van der Waals surface area (Å²) in [6.45, 7) is 3.22. The number of piperidine rings is 1. The van der Waals surface area contributed by atoms with Crippen molar-refractivity contribution in [2.45, 2.75) is 25.8 Å². The first-order valence-corrected chi connectivity index (χ1v) is 7.36. The molecule has 0 N–H and O–H groups in total. The molecule has 6 heteroatoms. The summed E-state index contributed by atoms with van der Waals surface area (Å²) in [5.41, 5.74) is 0.581. The van der Waals surface area contributed by atoms with Crippen LogP contribution >= 0.6 is 15.9 Å². The van der Waals surface area contributed by atoms with Gasteiger partial charge in [0.2, 0.25) is 5.91 Å². The van der Waals surface area contributed by atoms with Crippen molar-refractivity contribution in [3.63, 3.8) is 0 Å². The molecule has 1 amide bonds. The van der Waals surface area contributed by atoms with E-state index in [0.717, 1.165) is 36.2 Å². The molecule has 1 aromatic rings. The highest BCUT2D eigenvalue weighted by atomic mass is 79.9. The number of halogens is 1. The summed E-state index contributed by atoms with van der Waals surface area (Å²) in [7, 11) is 1.85. The fraction of sp³-hybridized carbons (Fsp3) is 0.500. The van der Waals surface area contributed by atoms with Crippen molar-refractivity contribution in [3.8, 4) is 6.07 Å². The van der Waals surface area contributed by atoms with Crippen LogP contribution in [0.2, 0.25) is 0 Å². The van der Waals surface area contributed by atoms with Gasteiger partial charge in [0.25, 0.3) is 0 Å². The number of aromatic nitrogens is 1. The van der Waals surface area contributed by atoms with Gasteiger partial charge in [-0.15, -0.1) is 0 Å². The topological polar surface area (TPSA) is 60.2 Å². The van der Waals surface area contributed by atoms with E-state index in [-0.39, 0.29) is 11.9 Å². The van der Waals surface area contributed by atoms with Crippen molar-refractivity contribution in [1.82, 2.24) is 9.88 Å². The zero-order valence-electron chi connectivity index (χ0n) is 11.6. The van der Waals surface area contributed by atoms with E-state index in [0.29, 0.717) is 5.56 Å². The van der Waals surface area contributed by atoms with Gasteiger partial charge in [-0.2, -0.15) is 5.26 Å². The third-order valence-corrected chi connectivity index (χ3v) is 4.20. The molecule has 5 nitrogen and oxygen atoms in total. The Labute approximate surface area is 127 Å². The highest BCUT2D eigenvalue weighted by molar-refractivity contribution is 9.10. The highest BCUT2D eigenvalue weighted by Crippen LogP contribution is 2.25. The maximum Gasteiger partial charge on any atom is 0.219 e. The van der Waals surface area contributed by atoms with Crippen molar-refractivity contribution in [3.05, 3.63) is 22.3 Å². The monoisotopic (exact) mass is 336 g/mol. The number of nitrogens with zero attached hydrogens (tertiary/aromatic N) is 4. The van der Waals surface area contributed by atoms with Gasteiger partial charge >= 0.3 is 0 Å². The first kappa shape index (κ1) is 14.8. The number of carbonyl (C=O) groups excluding carboxylic acids is 1. The minimum Gasteiger partial charge on any atom is -0.355 e. The zero-order valence-corrected chi connectivity index (χ0v) is 13.2. The first-order chi connectivity index (χ1) is 9.52. The highest BCUT2D eigenvalue weighted by Gasteiger charge is 2.25. The van der Waals surface area contributed by atoms with E-state index in [1.807, 2.05) is 7.05 Å². The van der Waals surface area contributed by atoms with Crippen LogP contribution in [0.1, 0.15) is 25.3 Å². The molecule has 0 saturated carbocycles. The van der Waals surface area contributed by atoms with Crippen molar-refractivity contribution in [2.75, 3.05) is 25.0 Å². The second-order valence-corrected chi connectivity index (χ2v) is 5.90. The molecule has 1 aromatic heterocycles. The lowest BCUT2D eigenvalue weighted by atomic mass is 10.0. The van der Waals surface area contributed by atoms with E-state index in [9.17, 15) is 10.1 Å². The Balaban J connectivity index is 2.08. The summed E-state index contributed by atoms with van der Waals surface area (Å²) in [6.07, 6.45) is 3.52. The molecule has 20 heavy (non-hydrogen) atoms. The summed E-state index contributed by atoms with van der Waals surface area (Å²) in [5, 5.41) is 9.20. The van der Waals surface area contributed by atoms with E-state index in [2.05, 4.69) is 31.9 Å². The van der Waals surface area contributed by atoms with Gasteiger partial charge in [0, 0.05) is 43.8 Å². The second-order valence-electron chi connectivity index (χ2n) is 4.98. The van der Waals surface area contributed by atoms with Crippen LogP contribution in [0, 0.1) is 11.3 Å². The van der Waals surface area contributed by atoms with Crippen LogP contribution in [0.5, 0.6) is 0 Å². The Bertz CT molecular complexity index is 547. The van der Waals surface area contributed by atoms with Crippen molar-refractivity contribution in [1.29, 1.82) is 5.26 Å². The SMILES string of the molecule is CC(=O)N(C)C1CCN(c2ncc(Br)cc2C#N)CC1. The molecular formula is C14H17BrN4O. The van der Waals surface area contributed by atoms with E-state index in [1.165, 1.54) is 0 Å². The van der Waals surface area contributed by atoms with Gasteiger partial charge in [-0.05, 0) is 34.8 Å². The predicted octanol–water partition coefficient (Wildman–Crippen LogP) is 2.16. The standard InChI is InChI=1S/C14H17BrN4O/c1-10(20)18(2)13-3-5-19(6-4-13)14-11(8-16)7-12(15)9-17-14/h7,9,13H,3-6H2,1-2H3. The second kappa shape index (κ2) is 6.23. The fourth-order valence-corrected chi connectivity index (χ4v) is 2.82. The smallest absolute Gasteiger partial charge is 0.219 e. The van der Waals surface area contributed by atoms with E-state index >= 15 is 0 Å². The molecule has 1 fully saturated rings. The molecule has 0 unspecified atom stereocenters. The van der Waals surface area contributed by atoms with Crippen LogP contribution in [0.3, 0.4) is 0 Å². The molecule has 1 aliphatic rings. The number of hydrogen-bond donors (Lipinski definition) is 0. The molecule has 106 valence electrons. The van der Waals surface area contributed by atoms with Crippen molar-refractivity contribution in [2.24, 2.45) is 0 Å². The third kappa shape index (κ3) is 3.10. The number of nitriles is 1. The average molecular weight is 337 g/mol. The Morgan fingerprint density at radius 1 is 1.55 bits per heavy atom. The molecule has 1 saturated heterocycles. The van der Waals surface area contributed by atoms with Gasteiger partial charge in [0.05, 0.1) is 5.56 Å². The normalized spacial score (nSPS) is 15.8. The number of amides is 1. The summed E-state index contributed by atoms with van der Waals surface area (Å²) >= 11 is 3.33. The Kier molecular flexibility index (Phi) is 4.61. The lowest BCUT2D eigenvalue weighted by Gasteiger charge is -2.37. The molecule has 0 bridgehead atoms.